The molecule has 0 aliphatic carbocycles. The maximum Gasteiger partial charge on any atom is 0.213 e. The van der Waals surface area contributed by atoms with Gasteiger partial charge in [0, 0.05) is 60.2 Å². The van der Waals surface area contributed by atoms with Crippen LogP contribution in [-0.2, 0) is 0 Å². The molecular formula is C62H37N3O2. The van der Waals surface area contributed by atoms with Gasteiger partial charge in [0.25, 0.3) is 0 Å². The smallest absolute Gasteiger partial charge is 0.213 e. The molecular weight excluding hydrogens is 819 g/mol. The van der Waals surface area contributed by atoms with E-state index in [2.05, 4.69) is 220 Å². The minimum Gasteiger partial charge on any atom is -0.456 e. The Morgan fingerprint density at radius 1 is 0.254 bits per heavy atom. The standard InChI is InChI=1S/C62H37N3O2/c1-2-13-41(14-3-1)65-56-22-12-19-44(60(56)61-48-18-7-11-24-58(48)67-62(61)65)38-25-29-42(30-26-38)63-52-20-8-4-15-45(52)49-35-39(27-32-54(49)63)40-28-33-55-50(36-40)46-16-5-9-21-53(46)64(55)43-31-34-59-51(37-43)47-17-6-10-23-57(47)66-59/h1-37H. The number of benzene rings is 10. The first-order valence-electron chi connectivity index (χ1n) is 22.8. The molecule has 5 nitrogen and oxygen atoms in total. The normalized spacial score (nSPS) is 12.2. The van der Waals surface area contributed by atoms with Crippen LogP contribution in [0.4, 0.5) is 0 Å². The van der Waals surface area contributed by atoms with E-state index in [0.29, 0.717) is 0 Å². The summed E-state index contributed by atoms with van der Waals surface area (Å²) in [5.74, 6) is 0. The van der Waals surface area contributed by atoms with Gasteiger partial charge in [0.15, 0.2) is 0 Å². The Kier molecular flexibility index (Phi) is 7.44. The van der Waals surface area contributed by atoms with E-state index >= 15 is 0 Å². The lowest BCUT2D eigenvalue weighted by Gasteiger charge is -2.11. The lowest BCUT2D eigenvalue weighted by Crippen LogP contribution is -1.94. The molecule has 15 aromatic rings. The van der Waals surface area contributed by atoms with E-state index < -0.39 is 0 Å². The summed E-state index contributed by atoms with van der Waals surface area (Å²) >= 11 is 0. The van der Waals surface area contributed by atoms with E-state index in [0.717, 1.165) is 72.1 Å². The second-order valence-electron chi connectivity index (χ2n) is 17.6. The average molecular weight is 856 g/mol. The molecule has 0 spiro atoms. The molecule has 0 saturated heterocycles. The molecule has 5 aromatic heterocycles. The van der Waals surface area contributed by atoms with E-state index in [1.54, 1.807) is 0 Å². The number of furan rings is 2. The van der Waals surface area contributed by atoms with Crippen LogP contribution in [0.15, 0.2) is 233 Å². The Hall–Kier alpha value is -9.06. The summed E-state index contributed by atoms with van der Waals surface area (Å²) in [6, 6.07) is 80.8. The van der Waals surface area contributed by atoms with Gasteiger partial charge in [0.05, 0.1) is 33.0 Å². The number of fused-ring (bicyclic) bond motifs is 14. The molecule has 0 amide bonds. The first-order chi connectivity index (χ1) is 33.2. The van der Waals surface area contributed by atoms with Crippen LogP contribution < -0.4 is 0 Å². The van der Waals surface area contributed by atoms with Gasteiger partial charge in [-0.1, -0.05) is 127 Å². The summed E-state index contributed by atoms with van der Waals surface area (Å²) in [6.07, 6.45) is 0. The molecule has 0 aliphatic rings. The highest BCUT2D eigenvalue weighted by atomic mass is 16.3. The quantitative estimate of drug-likeness (QED) is 0.173. The minimum absolute atomic E-state index is 0.861. The highest BCUT2D eigenvalue weighted by Crippen LogP contribution is 2.44. The van der Waals surface area contributed by atoms with Crippen LogP contribution in [0.3, 0.4) is 0 Å². The topological polar surface area (TPSA) is 41.1 Å². The Labute approximate surface area is 383 Å². The third kappa shape index (κ3) is 5.19. The summed E-state index contributed by atoms with van der Waals surface area (Å²) in [5, 5.41) is 10.6. The van der Waals surface area contributed by atoms with Gasteiger partial charge in [-0.25, -0.2) is 0 Å². The van der Waals surface area contributed by atoms with Crippen LogP contribution in [0.2, 0.25) is 0 Å². The zero-order valence-corrected chi connectivity index (χ0v) is 36.0. The van der Waals surface area contributed by atoms with Crippen molar-refractivity contribution in [1.29, 1.82) is 0 Å². The zero-order valence-electron chi connectivity index (χ0n) is 36.0. The fraction of sp³-hybridized carbons (Fsp3) is 0. The number of aromatic nitrogens is 3. The molecule has 15 rings (SSSR count). The summed E-state index contributed by atoms with van der Waals surface area (Å²) < 4.78 is 19.9. The number of hydrogen-bond acceptors (Lipinski definition) is 2. The minimum atomic E-state index is 0.861. The van der Waals surface area contributed by atoms with E-state index in [9.17, 15) is 0 Å². The number of hydrogen-bond donors (Lipinski definition) is 0. The van der Waals surface area contributed by atoms with Crippen molar-refractivity contribution >= 4 is 98.5 Å². The van der Waals surface area contributed by atoms with Crippen molar-refractivity contribution in [2.45, 2.75) is 0 Å². The van der Waals surface area contributed by atoms with Crippen molar-refractivity contribution < 1.29 is 8.83 Å². The van der Waals surface area contributed by atoms with E-state index in [1.165, 1.54) is 65.7 Å². The van der Waals surface area contributed by atoms with Gasteiger partial charge in [0.1, 0.15) is 16.7 Å². The lowest BCUT2D eigenvalue weighted by molar-refractivity contribution is 0.645. The van der Waals surface area contributed by atoms with Crippen molar-refractivity contribution in [3.63, 3.8) is 0 Å². The Morgan fingerprint density at radius 3 is 1.46 bits per heavy atom. The van der Waals surface area contributed by atoms with Crippen LogP contribution >= 0.6 is 0 Å². The first kappa shape index (κ1) is 36.3. The van der Waals surface area contributed by atoms with E-state index in [1.807, 2.05) is 18.2 Å². The molecule has 312 valence electrons. The van der Waals surface area contributed by atoms with Gasteiger partial charge < -0.3 is 18.0 Å². The third-order valence-corrected chi connectivity index (χ3v) is 14.1. The first-order valence-corrected chi connectivity index (χ1v) is 22.8. The highest BCUT2D eigenvalue weighted by molar-refractivity contribution is 6.24. The third-order valence-electron chi connectivity index (χ3n) is 14.1. The predicted molar refractivity (Wildman–Crippen MR) is 277 cm³/mol. The molecule has 67 heavy (non-hydrogen) atoms. The molecule has 0 N–H and O–H groups in total. The molecule has 10 aromatic carbocycles. The molecule has 0 unspecified atom stereocenters. The SMILES string of the molecule is c1ccc(-n2c3cccc(-c4ccc(-n5c6ccccc6c6cc(-c7ccc8c(c7)c7ccccc7n8-c7ccc8oc9ccccc9c8c7)ccc65)cc4)c3c3c4ccccc4oc32)cc1. The van der Waals surface area contributed by atoms with Crippen molar-refractivity contribution in [3.8, 4) is 39.3 Å². The Bertz CT molecular complexity index is 4500. The fourth-order valence-corrected chi connectivity index (χ4v) is 11.1. The van der Waals surface area contributed by atoms with Crippen LogP contribution in [-0.4, -0.2) is 13.7 Å². The van der Waals surface area contributed by atoms with E-state index in [-0.39, 0.29) is 0 Å². The second kappa shape index (κ2) is 13.7. The molecule has 0 radical (unpaired) electrons. The van der Waals surface area contributed by atoms with Gasteiger partial charge in [-0.15, -0.1) is 0 Å². The van der Waals surface area contributed by atoms with Crippen LogP contribution in [0.5, 0.6) is 0 Å². The number of rotatable bonds is 5. The lowest BCUT2D eigenvalue weighted by atomic mass is 9.98. The molecule has 5 heterocycles. The van der Waals surface area contributed by atoms with Crippen molar-refractivity contribution in [3.05, 3.63) is 224 Å². The van der Waals surface area contributed by atoms with Crippen molar-refractivity contribution in [2.24, 2.45) is 0 Å². The Morgan fingerprint density at radius 2 is 0.761 bits per heavy atom. The monoisotopic (exact) mass is 855 g/mol. The van der Waals surface area contributed by atoms with Crippen LogP contribution in [0, 0.1) is 0 Å². The molecule has 0 atom stereocenters. The molecule has 0 saturated carbocycles. The van der Waals surface area contributed by atoms with Crippen molar-refractivity contribution in [2.75, 3.05) is 0 Å². The van der Waals surface area contributed by atoms with Gasteiger partial charge >= 0.3 is 0 Å². The number of para-hydroxylation sites is 5. The summed E-state index contributed by atoms with van der Waals surface area (Å²) in [5.41, 5.74) is 17.4. The van der Waals surface area contributed by atoms with E-state index in [4.69, 9.17) is 8.83 Å². The highest BCUT2D eigenvalue weighted by Gasteiger charge is 2.23. The van der Waals surface area contributed by atoms with Gasteiger partial charge in [-0.05, 0) is 119 Å². The molecule has 5 heteroatoms. The summed E-state index contributed by atoms with van der Waals surface area (Å²) in [4.78, 5) is 0. The van der Waals surface area contributed by atoms with Crippen LogP contribution in [0.25, 0.3) is 138 Å². The summed E-state index contributed by atoms with van der Waals surface area (Å²) in [7, 11) is 0. The van der Waals surface area contributed by atoms with Gasteiger partial charge in [0.2, 0.25) is 5.71 Å². The fourth-order valence-electron chi connectivity index (χ4n) is 11.1. The Balaban J connectivity index is 0.848. The molecule has 0 aliphatic heterocycles. The largest absolute Gasteiger partial charge is 0.456 e. The van der Waals surface area contributed by atoms with Gasteiger partial charge in [-0.3, -0.25) is 4.57 Å². The maximum atomic E-state index is 6.63. The van der Waals surface area contributed by atoms with Crippen molar-refractivity contribution in [1.82, 2.24) is 13.7 Å². The average Bonchev–Trinajstić information content (AvgIpc) is 4.19. The predicted octanol–water partition coefficient (Wildman–Crippen LogP) is 17.0. The van der Waals surface area contributed by atoms with Crippen LogP contribution in [0.1, 0.15) is 0 Å². The zero-order chi connectivity index (χ0) is 43.7. The second-order valence-corrected chi connectivity index (χ2v) is 17.6. The molecule has 0 fully saturated rings. The van der Waals surface area contributed by atoms with Gasteiger partial charge in [-0.2, -0.15) is 0 Å². The molecule has 0 bridgehead atoms. The number of nitrogens with zero attached hydrogens (tertiary/aromatic N) is 3. The summed E-state index contributed by atoms with van der Waals surface area (Å²) in [6.45, 7) is 0. The maximum absolute atomic E-state index is 6.63.